The third-order valence-electron chi connectivity index (χ3n) is 8.30. The van der Waals surface area contributed by atoms with Gasteiger partial charge >= 0.3 is 27.3 Å². The lowest BCUT2D eigenvalue weighted by Crippen LogP contribution is -2.41. The molecule has 0 saturated carbocycles. The maximum absolute atomic E-state index is 14.7. The zero-order valence-electron chi connectivity index (χ0n) is 28.8. The maximum atomic E-state index is 14.7. The SMILES string of the molecule is CCCCCCCCCCCCCCCCCCC(COP(=O)(O)OP(=O)(O)OC[C@H]1O[C@@H](n2ccc(N)nc2=O)C(F)(F)[C@@H]1O)OCC. The molecule has 1 fully saturated rings. The molecule has 0 bridgehead atoms. The third-order valence-corrected chi connectivity index (χ3v) is 10.9. The number of aromatic nitrogens is 2. The number of unbranched alkanes of at least 4 members (excludes halogenated alkanes) is 15. The Morgan fingerprint density at radius 2 is 1.43 bits per heavy atom. The van der Waals surface area contributed by atoms with Crippen LogP contribution in [0, 0.1) is 0 Å². The number of anilines is 1. The van der Waals surface area contributed by atoms with E-state index in [1.807, 2.05) is 0 Å². The van der Waals surface area contributed by atoms with Gasteiger partial charge in [-0.05, 0) is 19.4 Å². The molecule has 49 heavy (non-hydrogen) atoms. The molecule has 0 aromatic carbocycles. The Bertz CT molecular complexity index is 1230. The molecule has 286 valence electrons. The van der Waals surface area contributed by atoms with Crippen LogP contribution < -0.4 is 11.4 Å². The molecule has 0 aliphatic carbocycles. The lowest BCUT2D eigenvalue weighted by atomic mass is 10.0. The van der Waals surface area contributed by atoms with Crippen LogP contribution in [0.4, 0.5) is 14.6 Å². The first-order chi connectivity index (χ1) is 23.2. The number of hydrogen-bond acceptors (Lipinski definition) is 11. The van der Waals surface area contributed by atoms with Crippen molar-refractivity contribution in [2.45, 2.75) is 153 Å². The lowest BCUT2D eigenvalue weighted by molar-refractivity contribution is -0.140. The van der Waals surface area contributed by atoms with Crippen molar-refractivity contribution in [2.24, 2.45) is 0 Å². The second-order valence-corrected chi connectivity index (χ2v) is 15.5. The largest absolute Gasteiger partial charge is 0.481 e. The van der Waals surface area contributed by atoms with Crippen LogP contribution in [-0.2, 0) is 32.0 Å². The van der Waals surface area contributed by atoms with E-state index in [1.54, 1.807) is 6.92 Å². The van der Waals surface area contributed by atoms with E-state index < -0.39 is 65.0 Å². The molecule has 0 radical (unpaired) electrons. The summed E-state index contributed by atoms with van der Waals surface area (Å²) in [5, 5.41) is 10.1. The minimum absolute atomic E-state index is 0.232. The molecule has 6 atom stereocenters. The first kappa shape index (κ1) is 43.8. The average Bonchev–Trinajstić information content (AvgIpc) is 3.25. The van der Waals surface area contributed by atoms with E-state index in [4.69, 9.17) is 19.7 Å². The minimum atomic E-state index is -5.39. The topological polar surface area (TPSA) is 202 Å². The molecule has 1 aromatic heterocycles. The predicted molar refractivity (Wildman–Crippen MR) is 180 cm³/mol. The van der Waals surface area contributed by atoms with Gasteiger partial charge in [0.25, 0.3) is 0 Å². The van der Waals surface area contributed by atoms with Crippen molar-refractivity contribution in [2.75, 3.05) is 25.6 Å². The fraction of sp³-hybridized carbons (Fsp3) is 0.871. The summed E-state index contributed by atoms with van der Waals surface area (Å²) in [5.74, 6) is -4.28. The molecule has 3 unspecified atom stereocenters. The zero-order chi connectivity index (χ0) is 36.3. The van der Waals surface area contributed by atoms with Crippen LogP contribution in [0.1, 0.15) is 129 Å². The van der Waals surface area contributed by atoms with Gasteiger partial charge in [-0.1, -0.05) is 110 Å². The number of phosphoric acid groups is 2. The Balaban J connectivity index is 1.65. The molecule has 2 heterocycles. The number of aliphatic hydroxyl groups is 1. The van der Waals surface area contributed by atoms with Gasteiger partial charge in [-0.15, -0.1) is 0 Å². The second kappa shape index (κ2) is 22.6. The number of nitrogen functional groups attached to an aromatic ring is 1. The van der Waals surface area contributed by atoms with Crippen molar-refractivity contribution in [3.05, 3.63) is 22.7 Å². The summed E-state index contributed by atoms with van der Waals surface area (Å²) in [6, 6.07) is 1.06. The second-order valence-electron chi connectivity index (χ2n) is 12.5. The molecule has 1 saturated heterocycles. The van der Waals surface area contributed by atoms with Crippen LogP contribution in [0.2, 0.25) is 0 Å². The first-order valence-electron chi connectivity index (χ1n) is 17.6. The monoisotopic (exact) mass is 747 g/mol. The predicted octanol–water partition coefficient (Wildman–Crippen LogP) is 7.03. The molecule has 0 spiro atoms. The van der Waals surface area contributed by atoms with E-state index in [-0.39, 0.29) is 5.82 Å². The van der Waals surface area contributed by atoms with Gasteiger partial charge in [0.1, 0.15) is 11.9 Å². The molecule has 1 aliphatic rings. The Morgan fingerprint density at radius 1 is 0.918 bits per heavy atom. The average molecular weight is 748 g/mol. The van der Waals surface area contributed by atoms with Crippen LogP contribution >= 0.6 is 15.6 Å². The van der Waals surface area contributed by atoms with Crippen molar-refractivity contribution in [1.29, 1.82) is 0 Å². The number of alkyl halides is 2. The van der Waals surface area contributed by atoms with Gasteiger partial charge in [0, 0.05) is 12.8 Å². The minimum Gasteiger partial charge on any atom is -0.384 e. The maximum Gasteiger partial charge on any atom is 0.481 e. The number of rotatable bonds is 28. The quantitative estimate of drug-likeness (QED) is 0.0503. The zero-order valence-corrected chi connectivity index (χ0v) is 30.6. The van der Waals surface area contributed by atoms with Gasteiger partial charge in [0.2, 0.25) is 6.23 Å². The number of nitrogens with zero attached hydrogens (tertiary/aromatic N) is 2. The van der Waals surface area contributed by atoms with E-state index in [0.29, 0.717) is 17.6 Å². The number of ether oxygens (including phenoxy) is 2. The highest BCUT2D eigenvalue weighted by Crippen LogP contribution is 2.61. The van der Waals surface area contributed by atoms with E-state index in [1.165, 1.54) is 77.0 Å². The van der Waals surface area contributed by atoms with E-state index in [2.05, 4.69) is 20.7 Å². The summed E-state index contributed by atoms with van der Waals surface area (Å²) in [6.07, 6.45) is 13.6. The molecular formula is C31H57F2N3O11P2. The highest BCUT2D eigenvalue weighted by atomic mass is 31.3. The lowest BCUT2D eigenvalue weighted by Gasteiger charge is -2.21. The van der Waals surface area contributed by atoms with E-state index >= 15 is 0 Å². The van der Waals surface area contributed by atoms with E-state index in [0.717, 1.165) is 37.9 Å². The number of phosphoric ester groups is 2. The smallest absolute Gasteiger partial charge is 0.384 e. The molecule has 2 rings (SSSR count). The van der Waals surface area contributed by atoms with Gasteiger partial charge in [-0.2, -0.15) is 18.1 Å². The fourth-order valence-electron chi connectivity index (χ4n) is 5.60. The molecule has 1 aliphatic heterocycles. The van der Waals surface area contributed by atoms with Crippen LogP contribution in [0.5, 0.6) is 0 Å². The van der Waals surface area contributed by atoms with Crippen molar-refractivity contribution < 1.29 is 55.6 Å². The summed E-state index contributed by atoms with van der Waals surface area (Å²) < 4.78 is 78.9. The third kappa shape index (κ3) is 16.7. The molecule has 1 aromatic rings. The Kier molecular flexibility index (Phi) is 20.2. The van der Waals surface area contributed by atoms with Gasteiger partial charge in [-0.25, -0.2) is 13.9 Å². The van der Waals surface area contributed by atoms with Crippen LogP contribution in [0.15, 0.2) is 17.1 Å². The van der Waals surface area contributed by atoms with Crippen molar-refractivity contribution in [1.82, 2.24) is 9.55 Å². The molecule has 18 heteroatoms. The van der Waals surface area contributed by atoms with Crippen molar-refractivity contribution in [3.8, 4) is 0 Å². The molecule has 14 nitrogen and oxygen atoms in total. The summed E-state index contributed by atoms with van der Waals surface area (Å²) in [4.78, 5) is 35.3. The first-order valence-corrected chi connectivity index (χ1v) is 20.5. The highest BCUT2D eigenvalue weighted by Gasteiger charge is 2.60. The van der Waals surface area contributed by atoms with Crippen molar-refractivity contribution in [3.63, 3.8) is 0 Å². The van der Waals surface area contributed by atoms with Crippen LogP contribution in [0.25, 0.3) is 0 Å². The number of hydrogen-bond donors (Lipinski definition) is 4. The molecular weight excluding hydrogens is 690 g/mol. The number of halogens is 2. The van der Waals surface area contributed by atoms with Crippen LogP contribution in [0.3, 0.4) is 0 Å². The van der Waals surface area contributed by atoms with Crippen molar-refractivity contribution >= 4 is 21.5 Å². The standard InChI is InChI=1S/C31H57F2N3O11P2/c1-3-5-6-7-8-9-10-11-12-13-14-15-16-17-18-19-20-25(43-4-2)23-44-48(39,40)47-49(41,42)45-24-26-28(37)31(32,33)29(46-26)36-22-21-27(34)35-30(36)38/h21-22,25-26,28-29,37H,3-20,23-24H2,1-2H3,(H,39,40)(H,41,42)(H2,34,35,38)/t25?,26-,28-,29-/m1/s1. The fourth-order valence-corrected chi connectivity index (χ4v) is 7.71. The van der Waals surface area contributed by atoms with Gasteiger partial charge in [0.05, 0.1) is 19.3 Å². The van der Waals surface area contributed by atoms with Gasteiger partial charge in [-0.3, -0.25) is 13.6 Å². The van der Waals surface area contributed by atoms with Crippen LogP contribution in [-0.4, -0.2) is 68.5 Å². The Labute approximate surface area is 288 Å². The Morgan fingerprint density at radius 3 is 1.94 bits per heavy atom. The summed E-state index contributed by atoms with van der Waals surface area (Å²) in [7, 11) is -10.6. The molecule has 5 N–H and O–H groups in total. The normalized spacial score (nSPS) is 22.1. The summed E-state index contributed by atoms with van der Waals surface area (Å²) >= 11 is 0. The van der Waals surface area contributed by atoms with Gasteiger partial charge < -0.3 is 30.1 Å². The Hall–Kier alpha value is -1.32. The molecule has 0 amide bonds. The van der Waals surface area contributed by atoms with Gasteiger partial charge in [0.15, 0.2) is 6.10 Å². The summed E-state index contributed by atoms with van der Waals surface area (Å²) in [6.45, 7) is 2.71. The van der Waals surface area contributed by atoms with E-state index in [9.17, 15) is 37.6 Å². The highest BCUT2D eigenvalue weighted by molar-refractivity contribution is 7.61. The summed E-state index contributed by atoms with van der Waals surface area (Å²) in [5.41, 5.74) is 4.18. The number of aliphatic hydroxyl groups excluding tert-OH is 1. The number of nitrogens with two attached hydrogens (primary N) is 1.